The Hall–Kier alpha value is -3.49. The molecule has 3 aromatic rings. The lowest BCUT2D eigenvalue weighted by molar-refractivity contribution is 0.485. The molecule has 31 heavy (non-hydrogen) atoms. The van der Waals surface area contributed by atoms with E-state index in [9.17, 15) is 8.42 Å². The van der Waals surface area contributed by atoms with E-state index in [-0.39, 0.29) is 11.8 Å². The van der Waals surface area contributed by atoms with Gasteiger partial charge in [-0.3, -0.25) is 5.43 Å². The third-order valence-electron chi connectivity index (χ3n) is 4.05. The normalized spacial score (nSPS) is 11.7. The summed E-state index contributed by atoms with van der Waals surface area (Å²) in [5.41, 5.74) is 13.3. The predicted octanol–water partition coefficient (Wildman–Crippen LogP) is 0.388. The lowest BCUT2D eigenvalue weighted by atomic mass is 9.96. The summed E-state index contributed by atoms with van der Waals surface area (Å²) in [5, 5.41) is 9.04. The number of nitrogen functional groups attached to an aromatic ring is 1. The first-order chi connectivity index (χ1) is 14.5. The van der Waals surface area contributed by atoms with E-state index in [1.807, 2.05) is 31.2 Å². The molecule has 0 fully saturated rings. The highest BCUT2D eigenvalue weighted by atomic mass is 32.2. The minimum Gasteiger partial charge on any atom is -0.399 e. The van der Waals surface area contributed by atoms with E-state index in [1.54, 1.807) is 25.4 Å². The van der Waals surface area contributed by atoms with Crippen molar-refractivity contribution in [2.45, 2.75) is 19.9 Å². The summed E-state index contributed by atoms with van der Waals surface area (Å²) < 4.78 is 52.5. The minimum absolute atomic E-state index is 0.175. The zero-order chi connectivity index (χ0) is 23.2. The number of rotatable bonds is 6. The van der Waals surface area contributed by atoms with Crippen molar-refractivity contribution in [2.24, 2.45) is 5.14 Å². The monoisotopic (exact) mass is 468 g/mol. The highest BCUT2D eigenvalue weighted by Gasteiger charge is 2.18. The van der Waals surface area contributed by atoms with Crippen molar-refractivity contribution >= 4 is 26.6 Å². The van der Waals surface area contributed by atoms with E-state index >= 15 is 0 Å². The van der Waals surface area contributed by atoms with E-state index in [2.05, 4.69) is 15.5 Å². The van der Waals surface area contributed by atoms with Gasteiger partial charge in [0.15, 0.2) is 0 Å². The van der Waals surface area contributed by atoms with Crippen molar-refractivity contribution in [3.63, 3.8) is 0 Å². The lowest BCUT2D eigenvalue weighted by Gasteiger charge is -2.22. The third kappa shape index (κ3) is 7.36. The van der Waals surface area contributed by atoms with Crippen molar-refractivity contribution in [1.82, 2.24) is 14.9 Å². The Morgan fingerprint density at radius 2 is 1.65 bits per heavy atom. The quantitative estimate of drug-likeness (QED) is 0.427. The summed E-state index contributed by atoms with van der Waals surface area (Å²) in [6, 6.07) is 10.6. The van der Waals surface area contributed by atoms with Crippen LogP contribution in [0.5, 0.6) is 5.75 Å². The molecule has 0 amide bonds. The van der Waals surface area contributed by atoms with Crippen LogP contribution in [-0.4, -0.2) is 35.9 Å². The van der Waals surface area contributed by atoms with Gasteiger partial charge in [0.05, 0.1) is 6.04 Å². The molecule has 0 saturated carbocycles. The van der Waals surface area contributed by atoms with Gasteiger partial charge < -0.3 is 9.92 Å². The molecule has 1 heterocycles. The summed E-state index contributed by atoms with van der Waals surface area (Å²) in [7, 11) is -7.20. The van der Waals surface area contributed by atoms with Crippen molar-refractivity contribution in [1.29, 1.82) is 0 Å². The minimum atomic E-state index is -4.09. The highest BCUT2D eigenvalue weighted by molar-refractivity contribution is 7.84. The molecule has 0 bridgehead atoms. The molecule has 3 rings (SSSR count). The van der Waals surface area contributed by atoms with Crippen LogP contribution in [-0.2, 0) is 20.9 Å². The molecular formula is C17H20N6O6S2. The molecule has 0 aliphatic heterocycles. The molecule has 1 aromatic heterocycles. The predicted molar refractivity (Wildman–Crippen MR) is 111 cm³/mol. The number of aromatic nitrogens is 3. The Morgan fingerprint density at radius 3 is 2.13 bits per heavy atom. The molecule has 12 nitrogen and oxygen atoms in total. The van der Waals surface area contributed by atoms with Crippen LogP contribution in [0.15, 0.2) is 49.1 Å². The Morgan fingerprint density at radius 1 is 1.06 bits per heavy atom. The second kappa shape index (κ2) is 10.0. The first-order valence-electron chi connectivity index (χ1n) is 8.53. The molecule has 0 saturated heterocycles. The molecule has 0 aliphatic rings. The van der Waals surface area contributed by atoms with Crippen LogP contribution in [0.3, 0.4) is 0 Å². The molecule has 14 heteroatoms. The van der Waals surface area contributed by atoms with Crippen LogP contribution in [0.4, 0.5) is 5.69 Å². The van der Waals surface area contributed by atoms with Crippen LogP contribution >= 0.6 is 0 Å². The van der Waals surface area contributed by atoms with E-state index in [1.165, 1.54) is 11.1 Å². The summed E-state index contributed by atoms with van der Waals surface area (Å²) in [5.74, 6) is 0.175. The topological polar surface area (TPSA) is 189 Å². The first kappa shape index (κ1) is 23.8. The van der Waals surface area contributed by atoms with Gasteiger partial charge in [0.25, 0.3) is 0 Å². The fourth-order valence-electron chi connectivity index (χ4n) is 2.70. The zero-order valence-electron chi connectivity index (χ0n) is 16.5. The number of anilines is 1. The van der Waals surface area contributed by atoms with Crippen LogP contribution in [0.25, 0.3) is 0 Å². The molecule has 0 radical (unpaired) electrons. The Bertz CT molecular complexity index is 1250. The largest absolute Gasteiger partial charge is 0.425 e. The van der Waals surface area contributed by atoms with Gasteiger partial charge in [-0.05, 0) is 54.3 Å². The SMILES string of the molecule is Cc1cc(C(Nn2cncn2)c2ccc(OS(N)(=O)=O)c(C)c2)ccc1N.O=S(=O)=O. The Kier molecular flexibility index (Phi) is 7.68. The molecule has 166 valence electrons. The summed E-state index contributed by atoms with van der Waals surface area (Å²) in [6.45, 7) is 3.67. The van der Waals surface area contributed by atoms with Crippen molar-refractivity contribution in [3.8, 4) is 5.75 Å². The zero-order valence-corrected chi connectivity index (χ0v) is 18.1. The molecule has 1 unspecified atom stereocenters. The molecule has 0 aliphatic carbocycles. The number of benzene rings is 2. The summed E-state index contributed by atoms with van der Waals surface area (Å²) in [4.78, 5) is 5.44. The van der Waals surface area contributed by atoms with E-state index in [0.717, 1.165) is 16.7 Å². The maximum absolute atomic E-state index is 11.2. The van der Waals surface area contributed by atoms with E-state index in [4.69, 9.17) is 27.7 Å². The fourth-order valence-corrected chi connectivity index (χ4v) is 3.14. The van der Waals surface area contributed by atoms with Gasteiger partial charge in [-0.25, -0.2) is 4.98 Å². The van der Waals surface area contributed by atoms with Crippen LogP contribution in [0.2, 0.25) is 0 Å². The van der Waals surface area contributed by atoms with Crippen LogP contribution < -0.4 is 20.5 Å². The van der Waals surface area contributed by atoms with Crippen molar-refractivity contribution < 1.29 is 25.2 Å². The van der Waals surface area contributed by atoms with E-state index in [0.29, 0.717) is 11.3 Å². The van der Waals surface area contributed by atoms with Gasteiger partial charge in [0.2, 0.25) is 0 Å². The number of nitrogens with zero attached hydrogens (tertiary/aromatic N) is 3. The summed E-state index contributed by atoms with van der Waals surface area (Å²) in [6.07, 6.45) is 2.97. The van der Waals surface area contributed by atoms with E-state index < -0.39 is 20.9 Å². The Balaban J connectivity index is 0.000000785. The number of aryl methyl sites for hydroxylation is 2. The maximum Gasteiger partial charge on any atom is 0.425 e. The van der Waals surface area contributed by atoms with Gasteiger partial charge in [0.1, 0.15) is 18.4 Å². The molecule has 2 aromatic carbocycles. The third-order valence-corrected chi connectivity index (χ3v) is 4.46. The van der Waals surface area contributed by atoms with Crippen molar-refractivity contribution in [3.05, 3.63) is 71.3 Å². The van der Waals surface area contributed by atoms with Gasteiger partial charge in [0, 0.05) is 5.69 Å². The number of hydrogen-bond donors (Lipinski definition) is 3. The first-order valence-corrected chi connectivity index (χ1v) is 11.0. The average molecular weight is 469 g/mol. The molecule has 5 N–H and O–H groups in total. The van der Waals surface area contributed by atoms with Gasteiger partial charge in [-0.2, -0.15) is 18.3 Å². The summed E-state index contributed by atoms with van der Waals surface area (Å²) >= 11 is 0. The number of nitrogens with one attached hydrogen (secondary N) is 1. The van der Waals surface area contributed by atoms with Gasteiger partial charge in [-0.1, -0.05) is 18.2 Å². The molecule has 1 atom stereocenters. The van der Waals surface area contributed by atoms with Crippen molar-refractivity contribution in [2.75, 3.05) is 11.2 Å². The Labute approximate surface area is 180 Å². The van der Waals surface area contributed by atoms with Crippen LogP contribution in [0, 0.1) is 13.8 Å². The second-order valence-electron chi connectivity index (χ2n) is 6.32. The van der Waals surface area contributed by atoms with Gasteiger partial charge in [-0.15, -0.1) is 17.7 Å². The van der Waals surface area contributed by atoms with Crippen LogP contribution in [0.1, 0.15) is 28.3 Å². The molecule has 0 spiro atoms. The second-order valence-corrected chi connectivity index (χ2v) is 7.88. The molecular weight excluding hydrogens is 448 g/mol. The van der Waals surface area contributed by atoms with Gasteiger partial charge >= 0.3 is 20.9 Å². The average Bonchev–Trinajstić information content (AvgIpc) is 3.16. The highest BCUT2D eigenvalue weighted by Crippen LogP contribution is 2.29. The standard InChI is InChI=1S/C17H20N6O3S.O3S/c1-11-7-13(3-5-15(11)18)17(22-23-10-20-9-21-23)14-4-6-16(12(2)8-14)26-27(19,24)25;1-4(2)3/h3-10,17,22H,18H2,1-2H3,(H2,19,24,25);. The number of hydrogen-bond acceptors (Lipinski definition) is 10. The smallest absolute Gasteiger partial charge is 0.399 e. The number of nitrogens with two attached hydrogens (primary N) is 2. The maximum atomic E-state index is 11.2. The lowest BCUT2D eigenvalue weighted by Crippen LogP contribution is -2.23. The fraction of sp³-hybridized carbons (Fsp3) is 0.176.